The van der Waals surface area contributed by atoms with Crippen molar-refractivity contribution in [1.29, 1.82) is 0 Å². The normalized spacial score (nSPS) is 11.0. The minimum Gasteiger partial charge on any atom is -0.493 e. The second-order valence-corrected chi connectivity index (χ2v) is 8.35. The zero-order valence-electron chi connectivity index (χ0n) is 18.2. The third-order valence-electron chi connectivity index (χ3n) is 4.81. The molecule has 32 heavy (non-hydrogen) atoms. The summed E-state index contributed by atoms with van der Waals surface area (Å²) < 4.78 is 13.3. The lowest BCUT2D eigenvalue weighted by molar-refractivity contribution is -0.113. The Morgan fingerprint density at radius 3 is 2.72 bits per heavy atom. The van der Waals surface area contributed by atoms with Crippen LogP contribution in [0.5, 0.6) is 5.75 Å². The Bertz CT molecular complexity index is 1270. The van der Waals surface area contributed by atoms with Crippen molar-refractivity contribution in [2.75, 3.05) is 18.2 Å². The summed E-state index contributed by atoms with van der Waals surface area (Å²) in [5.74, 6) is 1.89. The summed E-state index contributed by atoms with van der Waals surface area (Å²) in [6.45, 7) is 8.33. The van der Waals surface area contributed by atoms with Gasteiger partial charge in [-0.05, 0) is 49.2 Å². The van der Waals surface area contributed by atoms with Crippen LogP contribution in [0.1, 0.15) is 11.1 Å². The first-order chi connectivity index (χ1) is 15.5. The van der Waals surface area contributed by atoms with E-state index in [4.69, 9.17) is 9.15 Å². The molecule has 0 radical (unpaired) electrons. The Labute approximate surface area is 190 Å². The highest BCUT2D eigenvalue weighted by Crippen LogP contribution is 2.33. The standard InChI is InChI=1S/C24H24N4O3S/c1-5-9-28-23(20-13-17-7-6-8-19(30-4)22(17)31-20)26-27-24(28)32-14-21(29)25-18-11-15(2)10-16(3)12-18/h5-8,10-13H,1,9,14H2,2-4H3,(H,25,29). The maximum Gasteiger partial charge on any atom is 0.234 e. The van der Waals surface area contributed by atoms with Gasteiger partial charge in [-0.1, -0.05) is 36.0 Å². The minimum absolute atomic E-state index is 0.108. The van der Waals surface area contributed by atoms with Crippen LogP contribution in [0.3, 0.4) is 0 Å². The first-order valence-corrected chi connectivity index (χ1v) is 11.1. The molecule has 8 heteroatoms. The maximum absolute atomic E-state index is 12.5. The second-order valence-electron chi connectivity index (χ2n) is 7.41. The van der Waals surface area contributed by atoms with E-state index in [9.17, 15) is 4.79 Å². The number of hydrogen-bond acceptors (Lipinski definition) is 6. The Balaban J connectivity index is 1.54. The number of furan rings is 1. The van der Waals surface area contributed by atoms with Crippen molar-refractivity contribution in [2.45, 2.75) is 25.5 Å². The Kier molecular flexibility index (Phi) is 6.32. The first kappa shape index (κ1) is 21.7. The predicted octanol–water partition coefficient (Wildman–Crippen LogP) is 5.23. The number of aromatic nitrogens is 3. The lowest BCUT2D eigenvalue weighted by Crippen LogP contribution is -2.15. The largest absolute Gasteiger partial charge is 0.493 e. The van der Waals surface area contributed by atoms with Crippen LogP contribution in [0.25, 0.3) is 22.6 Å². The van der Waals surface area contributed by atoms with Crippen LogP contribution in [-0.4, -0.2) is 33.5 Å². The summed E-state index contributed by atoms with van der Waals surface area (Å²) in [5.41, 5.74) is 3.65. The molecule has 7 nitrogen and oxygen atoms in total. The smallest absolute Gasteiger partial charge is 0.234 e. The van der Waals surface area contributed by atoms with Gasteiger partial charge >= 0.3 is 0 Å². The van der Waals surface area contributed by atoms with Crippen LogP contribution >= 0.6 is 11.8 Å². The quantitative estimate of drug-likeness (QED) is 0.293. The predicted molar refractivity (Wildman–Crippen MR) is 127 cm³/mol. The van der Waals surface area contributed by atoms with E-state index in [1.165, 1.54) is 11.8 Å². The van der Waals surface area contributed by atoms with Crippen molar-refractivity contribution in [3.05, 3.63) is 66.2 Å². The number of carbonyl (C=O) groups is 1. The topological polar surface area (TPSA) is 82.2 Å². The summed E-state index contributed by atoms with van der Waals surface area (Å²) in [7, 11) is 1.61. The number of amides is 1. The zero-order valence-corrected chi connectivity index (χ0v) is 19.0. The van der Waals surface area contributed by atoms with E-state index in [-0.39, 0.29) is 11.7 Å². The minimum atomic E-state index is -0.108. The molecule has 0 saturated heterocycles. The number of hydrogen-bond donors (Lipinski definition) is 1. The van der Waals surface area contributed by atoms with E-state index < -0.39 is 0 Å². The summed E-state index contributed by atoms with van der Waals surface area (Å²) in [4.78, 5) is 12.5. The molecule has 1 N–H and O–H groups in total. The fourth-order valence-electron chi connectivity index (χ4n) is 3.55. The summed E-state index contributed by atoms with van der Waals surface area (Å²) in [6.07, 6.45) is 1.76. The number of fused-ring (bicyclic) bond motifs is 1. The molecule has 0 aliphatic rings. The molecule has 0 aliphatic heterocycles. The van der Waals surface area contributed by atoms with Gasteiger partial charge in [-0.2, -0.15) is 0 Å². The van der Waals surface area contributed by atoms with Crippen LogP contribution in [0.4, 0.5) is 5.69 Å². The number of nitrogens with one attached hydrogen (secondary N) is 1. The van der Waals surface area contributed by atoms with Crippen molar-refractivity contribution in [3.8, 4) is 17.3 Å². The molecule has 0 unspecified atom stereocenters. The van der Waals surface area contributed by atoms with Gasteiger partial charge in [-0.3, -0.25) is 9.36 Å². The van der Waals surface area contributed by atoms with Crippen LogP contribution in [0.15, 0.2) is 64.7 Å². The van der Waals surface area contributed by atoms with E-state index >= 15 is 0 Å². The number of ether oxygens (including phenoxy) is 1. The van der Waals surface area contributed by atoms with Crippen LogP contribution in [0.2, 0.25) is 0 Å². The number of carbonyl (C=O) groups excluding carboxylic acids is 1. The molecule has 0 aliphatic carbocycles. The number of anilines is 1. The molecule has 1 amide bonds. The van der Waals surface area contributed by atoms with Crippen molar-refractivity contribution < 1.29 is 13.9 Å². The average molecular weight is 449 g/mol. The lowest BCUT2D eigenvalue weighted by atomic mass is 10.1. The SMILES string of the molecule is C=CCn1c(SCC(=O)Nc2cc(C)cc(C)c2)nnc1-c1cc2cccc(OC)c2o1. The van der Waals surface area contributed by atoms with Gasteiger partial charge in [-0.15, -0.1) is 16.8 Å². The Morgan fingerprint density at radius 1 is 1.22 bits per heavy atom. The van der Waals surface area contributed by atoms with Gasteiger partial charge in [-0.25, -0.2) is 0 Å². The van der Waals surface area contributed by atoms with Gasteiger partial charge in [0.15, 0.2) is 22.2 Å². The van der Waals surface area contributed by atoms with Crippen molar-refractivity contribution in [2.24, 2.45) is 0 Å². The molecule has 0 spiro atoms. The highest BCUT2D eigenvalue weighted by Gasteiger charge is 2.19. The maximum atomic E-state index is 12.5. The monoisotopic (exact) mass is 448 g/mol. The summed E-state index contributed by atoms with van der Waals surface area (Å²) in [5, 5.41) is 13.1. The van der Waals surface area contributed by atoms with E-state index in [2.05, 4.69) is 28.2 Å². The molecule has 0 fully saturated rings. The number of benzene rings is 2. The lowest BCUT2D eigenvalue weighted by Gasteiger charge is -2.08. The van der Waals surface area contributed by atoms with Gasteiger partial charge < -0.3 is 14.5 Å². The number of methoxy groups -OCH3 is 1. The zero-order chi connectivity index (χ0) is 22.7. The molecular formula is C24H24N4O3S. The summed E-state index contributed by atoms with van der Waals surface area (Å²) >= 11 is 1.32. The fraction of sp³-hybridized carbons (Fsp3) is 0.208. The van der Waals surface area contributed by atoms with Crippen LogP contribution < -0.4 is 10.1 Å². The highest BCUT2D eigenvalue weighted by molar-refractivity contribution is 7.99. The molecule has 0 atom stereocenters. The van der Waals surface area contributed by atoms with Crippen molar-refractivity contribution in [3.63, 3.8) is 0 Å². The molecule has 4 aromatic rings. The van der Waals surface area contributed by atoms with Crippen LogP contribution in [0, 0.1) is 13.8 Å². The number of rotatable bonds is 8. The van der Waals surface area contributed by atoms with Gasteiger partial charge in [0.05, 0.1) is 12.9 Å². The first-order valence-electron chi connectivity index (χ1n) is 10.1. The number of allylic oxidation sites excluding steroid dienone is 1. The van der Waals surface area contributed by atoms with Crippen molar-refractivity contribution >= 4 is 34.3 Å². The molecule has 4 rings (SSSR count). The average Bonchev–Trinajstić information content (AvgIpc) is 3.35. The van der Waals surface area contributed by atoms with E-state index in [1.807, 2.05) is 54.8 Å². The van der Waals surface area contributed by atoms with Crippen LogP contribution in [-0.2, 0) is 11.3 Å². The second kappa shape index (κ2) is 9.32. The summed E-state index contributed by atoms with van der Waals surface area (Å²) in [6, 6.07) is 13.6. The van der Waals surface area contributed by atoms with E-state index in [0.717, 1.165) is 22.2 Å². The van der Waals surface area contributed by atoms with Gasteiger partial charge in [0.2, 0.25) is 11.7 Å². The van der Waals surface area contributed by atoms with Gasteiger partial charge in [0, 0.05) is 17.6 Å². The number of thioether (sulfide) groups is 1. The molecule has 2 aromatic heterocycles. The van der Waals surface area contributed by atoms with E-state index in [1.54, 1.807) is 13.2 Å². The van der Waals surface area contributed by atoms with Gasteiger partial charge in [0.25, 0.3) is 0 Å². The van der Waals surface area contributed by atoms with Crippen molar-refractivity contribution in [1.82, 2.24) is 14.8 Å². The highest BCUT2D eigenvalue weighted by atomic mass is 32.2. The fourth-order valence-corrected chi connectivity index (χ4v) is 4.30. The molecule has 2 heterocycles. The van der Waals surface area contributed by atoms with E-state index in [0.29, 0.717) is 34.6 Å². The number of aryl methyl sites for hydroxylation is 2. The van der Waals surface area contributed by atoms with Gasteiger partial charge in [0.1, 0.15) is 0 Å². The molecule has 164 valence electrons. The number of para-hydroxylation sites is 1. The third-order valence-corrected chi connectivity index (χ3v) is 5.78. The molecule has 0 saturated carbocycles. The number of nitrogens with zero attached hydrogens (tertiary/aromatic N) is 3. The molecule has 2 aromatic carbocycles. The Morgan fingerprint density at radius 2 is 2.00 bits per heavy atom. The molecule has 0 bridgehead atoms. The third kappa shape index (κ3) is 4.55. The Hall–Kier alpha value is -3.52. The molecular weight excluding hydrogens is 424 g/mol.